The van der Waals surface area contributed by atoms with Crippen LogP contribution in [0.5, 0.6) is 0 Å². The van der Waals surface area contributed by atoms with E-state index >= 15 is 0 Å². The molecule has 3 aromatic carbocycles. The molecule has 0 aliphatic heterocycles. The fraction of sp³-hybridized carbons (Fsp3) is 0.333. The van der Waals surface area contributed by atoms with Gasteiger partial charge < -0.3 is 10.2 Å². The number of hydrogen-bond donors (Lipinski definition) is 1. The van der Waals surface area contributed by atoms with Crippen molar-refractivity contribution in [3.05, 3.63) is 92.4 Å². The van der Waals surface area contributed by atoms with Crippen molar-refractivity contribution in [2.75, 3.05) is 10.8 Å². The summed E-state index contributed by atoms with van der Waals surface area (Å²) in [4.78, 5) is 28.8. The molecule has 0 radical (unpaired) electrons. The summed E-state index contributed by atoms with van der Waals surface area (Å²) < 4.78 is 28.8. The van der Waals surface area contributed by atoms with Gasteiger partial charge in [0.2, 0.25) is 11.8 Å². The van der Waals surface area contributed by atoms with Crippen LogP contribution in [-0.2, 0) is 26.2 Å². The summed E-state index contributed by atoms with van der Waals surface area (Å²) in [6, 6.07) is 15.8. The van der Waals surface area contributed by atoms with Crippen LogP contribution >= 0.6 is 46.4 Å². The number of sulfonamides is 1. The Balaban J connectivity index is 1.71. The molecule has 1 aliphatic carbocycles. The van der Waals surface area contributed by atoms with Crippen molar-refractivity contribution in [3.8, 4) is 0 Å². The first-order valence-electron chi connectivity index (χ1n) is 13.5. The minimum Gasteiger partial charge on any atom is -0.352 e. The number of carbonyl (C=O) groups is 2. The Morgan fingerprint density at radius 2 is 1.50 bits per heavy atom. The number of anilines is 1. The average molecular weight is 671 g/mol. The van der Waals surface area contributed by atoms with Gasteiger partial charge in [-0.2, -0.15) is 0 Å². The van der Waals surface area contributed by atoms with Gasteiger partial charge in [0.25, 0.3) is 10.0 Å². The van der Waals surface area contributed by atoms with Gasteiger partial charge in [0.15, 0.2) is 0 Å². The number of nitrogens with zero attached hydrogens (tertiary/aromatic N) is 2. The van der Waals surface area contributed by atoms with Crippen molar-refractivity contribution < 1.29 is 18.0 Å². The highest BCUT2D eigenvalue weighted by Gasteiger charge is 2.34. The fourth-order valence-corrected chi connectivity index (χ4v) is 7.13. The Bertz CT molecular complexity index is 1510. The number of halogens is 4. The van der Waals surface area contributed by atoms with E-state index in [1.807, 2.05) is 0 Å². The van der Waals surface area contributed by atoms with Crippen LogP contribution in [0.15, 0.2) is 71.6 Å². The first-order chi connectivity index (χ1) is 20.0. The van der Waals surface area contributed by atoms with E-state index < -0.39 is 28.5 Å². The van der Waals surface area contributed by atoms with E-state index in [4.69, 9.17) is 46.4 Å². The van der Waals surface area contributed by atoms with Crippen LogP contribution < -0.4 is 9.62 Å². The predicted molar refractivity (Wildman–Crippen MR) is 169 cm³/mol. The van der Waals surface area contributed by atoms with E-state index in [0.717, 1.165) is 36.4 Å². The van der Waals surface area contributed by atoms with Gasteiger partial charge in [-0.05, 0) is 74.4 Å². The molecule has 0 heterocycles. The molecule has 1 saturated carbocycles. The molecule has 1 atom stereocenters. The summed E-state index contributed by atoms with van der Waals surface area (Å²) >= 11 is 25.1. The van der Waals surface area contributed by atoms with E-state index in [1.54, 1.807) is 43.3 Å². The molecule has 0 spiro atoms. The van der Waals surface area contributed by atoms with Crippen LogP contribution in [0.4, 0.5) is 5.69 Å². The van der Waals surface area contributed by atoms with Crippen LogP contribution in [0.1, 0.15) is 44.6 Å². The van der Waals surface area contributed by atoms with Crippen LogP contribution in [0.3, 0.4) is 0 Å². The fourth-order valence-electron chi connectivity index (χ4n) is 4.90. The summed E-state index contributed by atoms with van der Waals surface area (Å²) in [5.74, 6) is -0.969. The number of benzene rings is 3. The lowest BCUT2D eigenvalue weighted by atomic mass is 9.95. The lowest BCUT2D eigenvalue weighted by Crippen LogP contribution is -2.53. The molecule has 42 heavy (non-hydrogen) atoms. The first kappa shape index (κ1) is 32.4. The number of carbonyl (C=O) groups excluding carboxylic acids is 2. The summed E-state index contributed by atoms with van der Waals surface area (Å²) in [5.41, 5.74) is 0.627. The smallest absolute Gasteiger partial charge is 0.264 e. The van der Waals surface area contributed by atoms with Crippen molar-refractivity contribution in [1.82, 2.24) is 10.2 Å². The Hall–Kier alpha value is -2.49. The van der Waals surface area contributed by atoms with Gasteiger partial charge in [0, 0.05) is 38.2 Å². The summed E-state index contributed by atoms with van der Waals surface area (Å²) in [6.45, 7) is 0.883. The summed E-state index contributed by atoms with van der Waals surface area (Å²) in [7, 11) is -4.26. The minimum absolute atomic E-state index is 0.0165. The standard InChI is InChI=1S/C30H31Cl4N3O4S/c1-20(30(39)35-23-8-3-2-4-9-23)36(18-26-27(33)11-6-12-28(26)34)29(38)19-37(24-10-5-7-22(32)17-24)42(40,41)25-15-13-21(31)14-16-25/h5-7,10-17,20,23H,2-4,8-9,18-19H2,1H3,(H,35,39). The van der Waals surface area contributed by atoms with E-state index in [0.29, 0.717) is 20.6 Å². The normalized spacial score (nSPS) is 14.7. The molecule has 0 bridgehead atoms. The minimum atomic E-state index is -4.26. The largest absolute Gasteiger partial charge is 0.352 e. The highest BCUT2D eigenvalue weighted by molar-refractivity contribution is 7.92. The molecular weight excluding hydrogens is 640 g/mol. The molecule has 12 heteroatoms. The van der Waals surface area contributed by atoms with Gasteiger partial charge in [0.05, 0.1) is 10.6 Å². The van der Waals surface area contributed by atoms with E-state index in [1.165, 1.54) is 35.2 Å². The van der Waals surface area contributed by atoms with Crippen LogP contribution in [-0.4, -0.2) is 43.8 Å². The van der Waals surface area contributed by atoms with Gasteiger partial charge >= 0.3 is 0 Å². The molecule has 1 fully saturated rings. The quantitative estimate of drug-likeness (QED) is 0.244. The molecule has 1 unspecified atom stereocenters. The summed E-state index contributed by atoms with van der Waals surface area (Å²) in [5, 5.41) is 4.35. The van der Waals surface area contributed by atoms with Crippen LogP contribution in [0, 0.1) is 0 Å². The van der Waals surface area contributed by atoms with Crippen molar-refractivity contribution >= 4 is 73.9 Å². The maximum absolute atomic E-state index is 14.1. The Morgan fingerprint density at radius 1 is 0.881 bits per heavy atom. The van der Waals surface area contributed by atoms with E-state index in [-0.39, 0.29) is 34.1 Å². The zero-order valence-corrected chi connectivity index (χ0v) is 26.7. The van der Waals surface area contributed by atoms with E-state index in [9.17, 15) is 18.0 Å². The molecule has 1 N–H and O–H groups in total. The third kappa shape index (κ3) is 7.91. The van der Waals surface area contributed by atoms with Gasteiger partial charge in [-0.25, -0.2) is 8.42 Å². The second-order valence-electron chi connectivity index (χ2n) is 10.2. The Kier molecular flexibility index (Phi) is 11.1. The molecule has 2 amide bonds. The molecule has 0 aromatic heterocycles. The molecule has 1 aliphatic rings. The van der Waals surface area contributed by atoms with E-state index in [2.05, 4.69) is 5.32 Å². The topological polar surface area (TPSA) is 86.8 Å². The van der Waals surface area contributed by atoms with Gasteiger partial charge in [-0.15, -0.1) is 0 Å². The maximum atomic E-state index is 14.1. The Labute approximate surface area is 266 Å². The first-order valence-corrected chi connectivity index (χ1v) is 16.5. The number of rotatable bonds is 10. The van der Waals surface area contributed by atoms with Crippen molar-refractivity contribution in [3.63, 3.8) is 0 Å². The van der Waals surface area contributed by atoms with Crippen molar-refractivity contribution in [1.29, 1.82) is 0 Å². The third-order valence-corrected chi connectivity index (χ3v) is 10.3. The van der Waals surface area contributed by atoms with Crippen molar-refractivity contribution in [2.24, 2.45) is 0 Å². The van der Waals surface area contributed by atoms with Crippen molar-refractivity contribution in [2.45, 2.75) is 62.6 Å². The molecule has 224 valence electrons. The highest BCUT2D eigenvalue weighted by atomic mass is 35.5. The van der Waals surface area contributed by atoms with Gasteiger partial charge in [0.1, 0.15) is 12.6 Å². The monoisotopic (exact) mass is 669 g/mol. The number of amides is 2. The Morgan fingerprint density at radius 3 is 2.12 bits per heavy atom. The summed E-state index contributed by atoms with van der Waals surface area (Å²) in [6.07, 6.45) is 4.90. The molecule has 3 aromatic rings. The number of nitrogens with one attached hydrogen (secondary N) is 1. The molecule has 0 saturated heterocycles. The second kappa shape index (κ2) is 14.3. The zero-order valence-electron chi connectivity index (χ0n) is 22.9. The molecule has 7 nitrogen and oxygen atoms in total. The average Bonchev–Trinajstić information content (AvgIpc) is 2.96. The lowest BCUT2D eigenvalue weighted by molar-refractivity contribution is -0.139. The SMILES string of the molecule is CC(C(=O)NC1CCCCC1)N(Cc1c(Cl)cccc1Cl)C(=O)CN(c1cccc(Cl)c1)S(=O)(=O)c1ccc(Cl)cc1. The molecular formula is C30H31Cl4N3O4S. The lowest BCUT2D eigenvalue weighted by Gasteiger charge is -2.33. The second-order valence-corrected chi connectivity index (χ2v) is 13.7. The molecule has 4 rings (SSSR count). The van der Waals surface area contributed by atoms with Gasteiger partial charge in [-0.1, -0.05) is 77.8 Å². The van der Waals surface area contributed by atoms with Gasteiger partial charge in [-0.3, -0.25) is 13.9 Å². The highest BCUT2D eigenvalue weighted by Crippen LogP contribution is 2.30. The maximum Gasteiger partial charge on any atom is 0.264 e. The third-order valence-electron chi connectivity index (χ3n) is 7.29. The predicted octanol–water partition coefficient (Wildman–Crippen LogP) is 7.36. The van der Waals surface area contributed by atoms with Crippen LogP contribution in [0.2, 0.25) is 20.1 Å². The zero-order chi connectivity index (χ0) is 30.4. The van der Waals surface area contributed by atoms with Crippen LogP contribution in [0.25, 0.3) is 0 Å². The number of hydrogen-bond acceptors (Lipinski definition) is 4.